The molecule has 1 nitrogen and oxygen atoms in total. The fourth-order valence-corrected chi connectivity index (χ4v) is 2.99. The van der Waals surface area contributed by atoms with Crippen molar-refractivity contribution in [1.82, 2.24) is 5.32 Å². The SMILES string of the molecule is C1CCC2NCC2CSC1. The maximum atomic E-state index is 3.50. The third-order valence-corrected chi connectivity index (χ3v) is 3.84. The lowest BCUT2D eigenvalue weighted by atomic mass is 9.89. The van der Waals surface area contributed by atoms with E-state index in [4.69, 9.17) is 0 Å². The Hall–Kier alpha value is 0.310. The van der Waals surface area contributed by atoms with Gasteiger partial charge in [0.05, 0.1) is 0 Å². The van der Waals surface area contributed by atoms with Crippen LogP contribution < -0.4 is 5.32 Å². The molecule has 58 valence electrons. The van der Waals surface area contributed by atoms with Gasteiger partial charge in [0, 0.05) is 12.6 Å². The summed E-state index contributed by atoms with van der Waals surface area (Å²) in [7, 11) is 0. The first-order valence-corrected chi connectivity index (χ1v) is 5.43. The van der Waals surface area contributed by atoms with Crippen LogP contribution in [0.25, 0.3) is 0 Å². The van der Waals surface area contributed by atoms with Gasteiger partial charge in [-0.2, -0.15) is 11.8 Å². The number of hydrogen-bond donors (Lipinski definition) is 1. The Kier molecular flexibility index (Phi) is 2.19. The van der Waals surface area contributed by atoms with Crippen LogP contribution in [0.2, 0.25) is 0 Å². The summed E-state index contributed by atoms with van der Waals surface area (Å²) in [6.07, 6.45) is 4.32. The maximum Gasteiger partial charge on any atom is 0.0115 e. The Morgan fingerprint density at radius 1 is 1.30 bits per heavy atom. The average molecular weight is 157 g/mol. The highest BCUT2D eigenvalue weighted by molar-refractivity contribution is 7.99. The molecule has 0 bridgehead atoms. The van der Waals surface area contributed by atoms with E-state index in [1.54, 1.807) is 0 Å². The Morgan fingerprint density at radius 3 is 3.10 bits per heavy atom. The molecule has 2 rings (SSSR count). The lowest BCUT2D eigenvalue weighted by Crippen LogP contribution is -2.54. The van der Waals surface area contributed by atoms with Gasteiger partial charge in [0.2, 0.25) is 0 Å². The third-order valence-electron chi connectivity index (χ3n) is 2.60. The summed E-state index contributed by atoms with van der Waals surface area (Å²) < 4.78 is 0. The van der Waals surface area contributed by atoms with E-state index in [1.165, 1.54) is 37.3 Å². The molecule has 0 aromatic carbocycles. The van der Waals surface area contributed by atoms with Crippen LogP contribution in [-0.2, 0) is 0 Å². The van der Waals surface area contributed by atoms with Gasteiger partial charge < -0.3 is 5.32 Å². The first-order chi connectivity index (χ1) is 4.97. The second kappa shape index (κ2) is 3.14. The first kappa shape index (κ1) is 6.99. The molecule has 1 N–H and O–H groups in total. The minimum atomic E-state index is 0.896. The number of thioether (sulfide) groups is 1. The zero-order valence-corrected chi connectivity index (χ0v) is 7.12. The molecule has 0 aliphatic carbocycles. The van der Waals surface area contributed by atoms with Crippen LogP contribution in [0, 0.1) is 5.92 Å². The van der Waals surface area contributed by atoms with E-state index < -0.39 is 0 Å². The lowest BCUT2D eigenvalue weighted by molar-refractivity contribution is 0.238. The summed E-state index contributed by atoms with van der Waals surface area (Å²) in [5.41, 5.74) is 0. The molecule has 0 aromatic rings. The molecule has 2 aliphatic rings. The van der Waals surface area contributed by atoms with Crippen molar-refractivity contribution in [3.05, 3.63) is 0 Å². The number of rotatable bonds is 0. The molecule has 2 saturated heterocycles. The van der Waals surface area contributed by atoms with Gasteiger partial charge in [0.1, 0.15) is 0 Å². The van der Waals surface area contributed by atoms with Gasteiger partial charge in [-0.3, -0.25) is 0 Å². The second-order valence-corrected chi connectivity index (χ2v) is 4.50. The van der Waals surface area contributed by atoms with Gasteiger partial charge in [0.25, 0.3) is 0 Å². The van der Waals surface area contributed by atoms with E-state index in [0.717, 1.165) is 12.0 Å². The first-order valence-electron chi connectivity index (χ1n) is 4.28. The normalized spacial score (nSPS) is 40.8. The zero-order valence-electron chi connectivity index (χ0n) is 6.31. The van der Waals surface area contributed by atoms with Crippen LogP contribution in [0.3, 0.4) is 0 Å². The number of fused-ring (bicyclic) bond motifs is 1. The van der Waals surface area contributed by atoms with Crippen LogP contribution in [0.15, 0.2) is 0 Å². The van der Waals surface area contributed by atoms with Crippen molar-refractivity contribution in [2.75, 3.05) is 18.1 Å². The fraction of sp³-hybridized carbons (Fsp3) is 1.00. The monoisotopic (exact) mass is 157 g/mol. The molecular formula is C8H15NS. The molecule has 2 aliphatic heterocycles. The Bertz CT molecular complexity index is 102. The zero-order chi connectivity index (χ0) is 6.81. The van der Waals surface area contributed by atoms with Crippen molar-refractivity contribution in [1.29, 1.82) is 0 Å². The van der Waals surface area contributed by atoms with Crippen molar-refractivity contribution in [3.8, 4) is 0 Å². The van der Waals surface area contributed by atoms with Gasteiger partial charge in [-0.1, -0.05) is 6.42 Å². The highest BCUT2D eigenvalue weighted by atomic mass is 32.2. The molecule has 0 spiro atoms. The van der Waals surface area contributed by atoms with Gasteiger partial charge in [0.15, 0.2) is 0 Å². The van der Waals surface area contributed by atoms with Crippen LogP contribution in [0.5, 0.6) is 0 Å². The largest absolute Gasteiger partial charge is 0.313 e. The van der Waals surface area contributed by atoms with Crippen molar-refractivity contribution in [2.24, 2.45) is 5.92 Å². The predicted octanol–water partition coefficient (Wildman–Crippen LogP) is 1.49. The summed E-state index contributed by atoms with van der Waals surface area (Å²) in [4.78, 5) is 0. The molecule has 2 heteroatoms. The van der Waals surface area contributed by atoms with Crippen molar-refractivity contribution in [3.63, 3.8) is 0 Å². The molecule has 0 aromatic heterocycles. The molecule has 0 radical (unpaired) electrons. The molecule has 0 saturated carbocycles. The molecule has 10 heavy (non-hydrogen) atoms. The van der Waals surface area contributed by atoms with Crippen molar-refractivity contribution >= 4 is 11.8 Å². The van der Waals surface area contributed by atoms with Gasteiger partial charge in [-0.25, -0.2) is 0 Å². The van der Waals surface area contributed by atoms with E-state index in [-0.39, 0.29) is 0 Å². The van der Waals surface area contributed by atoms with Crippen molar-refractivity contribution < 1.29 is 0 Å². The fourth-order valence-electron chi connectivity index (χ4n) is 1.77. The number of nitrogens with one attached hydrogen (secondary N) is 1. The standard InChI is InChI=1S/C8H15NS/c1-2-4-10-6-7-5-9-8(7)3-1/h7-9H,1-6H2. The highest BCUT2D eigenvalue weighted by Gasteiger charge is 2.29. The molecule has 2 unspecified atom stereocenters. The predicted molar refractivity (Wildman–Crippen MR) is 46.5 cm³/mol. The third kappa shape index (κ3) is 1.32. The molecule has 0 amide bonds. The summed E-state index contributed by atoms with van der Waals surface area (Å²) in [6, 6.07) is 0.896. The van der Waals surface area contributed by atoms with E-state index in [0.29, 0.717) is 0 Å². The van der Waals surface area contributed by atoms with E-state index >= 15 is 0 Å². The summed E-state index contributed by atoms with van der Waals surface area (Å²) in [5, 5.41) is 3.50. The molecule has 2 atom stereocenters. The van der Waals surface area contributed by atoms with Gasteiger partial charge in [-0.05, 0) is 30.3 Å². The van der Waals surface area contributed by atoms with Crippen LogP contribution in [0.1, 0.15) is 19.3 Å². The molecule has 2 heterocycles. The minimum absolute atomic E-state index is 0.896. The van der Waals surface area contributed by atoms with Gasteiger partial charge in [-0.15, -0.1) is 0 Å². The maximum absolute atomic E-state index is 3.50. The Balaban J connectivity index is 1.83. The van der Waals surface area contributed by atoms with Crippen molar-refractivity contribution in [2.45, 2.75) is 25.3 Å². The molecular weight excluding hydrogens is 142 g/mol. The number of hydrogen-bond acceptors (Lipinski definition) is 2. The Morgan fingerprint density at radius 2 is 2.30 bits per heavy atom. The van der Waals surface area contributed by atoms with E-state index in [2.05, 4.69) is 17.1 Å². The topological polar surface area (TPSA) is 12.0 Å². The van der Waals surface area contributed by atoms with Crippen LogP contribution >= 0.6 is 11.8 Å². The van der Waals surface area contributed by atoms with Gasteiger partial charge >= 0.3 is 0 Å². The summed E-state index contributed by atoms with van der Waals surface area (Å²) in [6.45, 7) is 1.29. The summed E-state index contributed by atoms with van der Waals surface area (Å²) >= 11 is 2.15. The van der Waals surface area contributed by atoms with E-state index in [1.807, 2.05) is 0 Å². The quantitative estimate of drug-likeness (QED) is 0.572. The smallest absolute Gasteiger partial charge is 0.0115 e. The van der Waals surface area contributed by atoms with Crippen LogP contribution in [0.4, 0.5) is 0 Å². The minimum Gasteiger partial charge on any atom is -0.313 e. The average Bonchev–Trinajstić information content (AvgIpc) is 1.89. The summed E-state index contributed by atoms with van der Waals surface area (Å²) in [5.74, 6) is 3.84. The lowest BCUT2D eigenvalue weighted by Gasteiger charge is -2.39. The second-order valence-electron chi connectivity index (χ2n) is 3.35. The Labute approximate surface area is 67.0 Å². The molecule has 2 fully saturated rings. The van der Waals surface area contributed by atoms with Crippen LogP contribution in [-0.4, -0.2) is 24.1 Å². The highest BCUT2D eigenvalue weighted by Crippen LogP contribution is 2.26. The van der Waals surface area contributed by atoms with E-state index in [9.17, 15) is 0 Å².